The molecule has 0 aromatic heterocycles. The molecule has 3 nitrogen and oxygen atoms in total. The van der Waals surface area contributed by atoms with Crippen molar-refractivity contribution in [2.45, 2.75) is 6.61 Å². The molecule has 0 atom stereocenters. The molecule has 0 aliphatic carbocycles. The quantitative estimate of drug-likeness (QED) is 0.884. The zero-order valence-corrected chi connectivity index (χ0v) is 10.8. The van der Waals surface area contributed by atoms with Gasteiger partial charge in [0.05, 0.1) is 5.56 Å². The third-order valence-electron chi connectivity index (χ3n) is 2.66. The molecule has 20 heavy (non-hydrogen) atoms. The molecule has 0 unspecified atom stereocenters. The monoisotopic (exact) mass is 279 g/mol. The first kappa shape index (κ1) is 14.3. The van der Waals surface area contributed by atoms with Crippen LogP contribution in [-0.2, 0) is 6.61 Å². The summed E-state index contributed by atoms with van der Waals surface area (Å²) in [6.45, 7) is 0.701. The van der Waals surface area contributed by atoms with Gasteiger partial charge in [0.15, 0.2) is 0 Å². The van der Waals surface area contributed by atoms with E-state index in [0.717, 1.165) is 0 Å². The predicted octanol–water partition coefficient (Wildman–Crippen LogP) is 2.88. The Bertz CT molecular complexity index is 538. The fraction of sp³-hybridized carbons (Fsp3) is 0.200. The van der Waals surface area contributed by atoms with E-state index in [1.807, 2.05) is 0 Å². The van der Waals surface area contributed by atoms with Gasteiger partial charge >= 0.3 is 0 Å². The van der Waals surface area contributed by atoms with E-state index < -0.39 is 11.6 Å². The van der Waals surface area contributed by atoms with Crippen LogP contribution >= 0.6 is 0 Å². The summed E-state index contributed by atoms with van der Waals surface area (Å²) >= 11 is 0. The van der Waals surface area contributed by atoms with Crippen molar-refractivity contribution in [3.8, 4) is 11.5 Å². The zero-order valence-electron chi connectivity index (χ0n) is 10.8. The summed E-state index contributed by atoms with van der Waals surface area (Å²) < 4.78 is 37.5. The lowest BCUT2D eigenvalue weighted by Crippen LogP contribution is -2.10. The third kappa shape index (κ3) is 3.68. The fourth-order valence-electron chi connectivity index (χ4n) is 1.63. The Morgan fingerprint density at radius 3 is 1.95 bits per heavy atom. The smallest absolute Gasteiger partial charge is 0.132 e. The highest BCUT2D eigenvalue weighted by molar-refractivity contribution is 5.31. The second-order valence-electron chi connectivity index (χ2n) is 4.10. The van der Waals surface area contributed by atoms with E-state index in [1.54, 1.807) is 24.3 Å². The summed E-state index contributed by atoms with van der Waals surface area (Å²) in [6.07, 6.45) is 0. The highest BCUT2D eigenvalue weighted by atomic mass is 19.1. The summed E-state index contributed by atoms with van der Waals surface area (Å²) in [4.78, 5) is 0. The van der Waals surface area contributed by atoms with Gasteiger partial charge in [0.25, 0.3) is 0 Å². The molecule has 0 saturated carbocycles. The van der Waals surface area contributed by atoms with E-state index in [0.29, 0.717) is 24.7 Å². The topological polar surface area (TPSA) is 44.5 Å². The summed E-state index contributed by atoms with van der Waals surface area (Å²) in [6, 6.07) is 10.5. The van der Waals surface area contributed by atoms with Crippen molar-refractivity contribution in [3.05, 3.63) is 59.7 Å². The fourth-order valence-corrected chi connectivity index (χ4v) is 1.63. The van der Waals surface area contributed by atoms with Crippen molar-refractivity contribution in [2.75, 3.05) is 13.2 Å². The van der Waals surface area contributed by atoms with Gasteiger partial charge in [-0.25, -0.2) is 8.78 Å². The van der Waals surface area contributed by atoms with Crippen LogP contribution in [0.4, 0.5) is 8.78 Å². The first-order valence-corrected chi connectivity index (χ1v) is 6.19. The van der Waals surface area contributed by atoms with Gasteiger partial charge in [-0.3, -0.25) is 0 Å². The Morgan fingerprint density at radius 1 is 0.850 bits per heavy atom. The standard InChI is InChI=1S/C15H15F2NO2/c16-14-2-1-3-15(17)13(14)10-20-12-6-4-11(5-7-12)19-9-8-18/h1-7H,8-10,18H2. The molecule has 0 radical (unpaired) electrons. The lowest BCUT2D eigenvalue weighted by molar-refractivity contribution is 0.290. The summed E-state index contributed by atoms with van der Waals surface area (Å²) in [5.74, 6) is -0.0616. The van der Waals surface area contributed by atoms with E-state index in [4.69, 9.17) is 15.2 Å². The van der Waals surface area contributed by atoms with E-state index >= 15 is 0 Å². The SMILES string of the molecule is NCCOc1ccc(OCc2c(F)cccc2F)cc1. The summed E-state index contributed by atoms with van der Waals surface area (Å²) in [5.41, 5.74) is 5.24. The molecule has 0 saturated heterocycles. The molecule has 2 rings (SSSR count). The van der Waals surface area contributed by atoms with Crippen LogP contribution in [0.15, 0.2) is 42.5 Å². The minimum atomic E-state index is -0.618. The molecule has 0 spiro atoms. The number of benzene rings is 2. The molecule has 0 fully saturated rings. The average molecular weight is 279 g/mol. The first-order chi connectivity index (χ1) is 9.70. The molecule has 2 aromatic rings. The lowest BCUT2D eigenvalue weighted by atomic mass is 10.2. The molecule has 2 aromatic carbocycles. The van der Waals surface area contributed by atoms with Crippen LogP contribution in [0.5, 0.6) is 11.5 Å². The Hall–Kier alpha value is -2.14. The van der Waals surface area contributed by atoms with Gasteiger partial charge in [0.2, 0.25) is 0 Å². The Labute approximate surface area is 115 Å². The van der Waals surface area contributed by atoms with Gasteiger partial charge in [0, 0.05) is 6.54 Å². The van der Waals surface area contributed by atoms with Crippen molar-refractivity contribution < 1.29 is 18.3 Å². The van der Waals surface area contributed by atoms with Gasteiger partial charge in [-0.2, -0.15) is 0 Å². The zero-order chi connectivity index (χ0) is 14.4. The normalized spacial score (nSPS) is 10.3. The number of hydrogen-bond acceptors (Lipinski definition) is 3. The van der Waals surface area contributed by atoms with Gasteiger partial charge < -0.3 is 15.2 Å². The molecule has 0 aliphatic rings. The van der Waals surface area contributed by atoms with Crippen LogP contribution in [0, 0.1) is 11.6 Å². The third-order valence-corrected chi connectivity index (χ3v) is 2.66. The van der Waals surface area contributed by atoms with E-state index in [9.17, 15) is 8.78 Å². The largest absolute Gasteiger partial charge is 0.492 e. The van der Waals surface area contributed by atoms with Crippen LogP contribution in [0.2, 0.25) is 0 Å². The van der Waals surface area contributed by atoms with Gasteiger partial charge in [0.1, 0.15) is 36.3 Å². The molecule has 5 heteroatoms. The minimum absolute atomic E-state index is 0.0871. The maximum atomic E-state index is 13.4. The maximum Gasteiger partial charge on any atom is 0.132 e. The molecule has 0 bridgehead atoms. The van der Waals surface area contributed by atoms with Crippen LogP contribution in [-0.4, -0.2) is 13.2 Å². The van der Waals surface area contributed by atoms with Crippen molar-refractivity contribution in [3.63, 3.8) is 0 Å². The molecule has 2 N–H and O–H groups in total. The Morgan fingerprint density at radius 2 is 1.40 bits per heavy atom. The van der Waals surface area contributed by atoms with Gasteiger partial charge in [-0.1, -0.05) is 6.07 Å². The Kier molecular flexibility index (Phi) is 4.90. The number of hydrogen-bond donors (Lipinski definition) is 1. The van der Waals surface area contributed by atoms with Crippen molar-refractivity contribution in [1.82, 2.24) is 0 Å². The highest BCUT2D eigenvalue weighted by Gasteiger charge is 2.08. The second kappa shape index (κ2) is 6.86. The van der Waals surface area contributed by atoms with Crippen LogP contribution in [0.3, 0.4) is 0 Å². The van der Waals surface area contributed by atoms with Crippen molar-refractivity contribution >= 4 is 0 Å². The van der Waals surface area contributed by atoms with E-state index in [1.165, 1.54) is 18.2 Å². The predicted molar refractivity (Wildman–Crippen MR) is 71.7 cm³/mol. The van der Waals surface area contributed by atoms with Crippen molar-refractivity contribution in [1.29, 1.82) is 0 Å². The second-order valence-corrected chi connectivity index (χ2v) is 4.10. The number of ether oxygens (including phenoxy) is 2. The molecule has 106 valence electrons. The van der Waals surface area contributed by atoms with E-state index in [-0.39, 0.29) is 12.2 Å². The number of halogens is 2. The van der Waals surface area contributed by atoms with Crippen LogP contribution < -0.4 is 15.2 Å². The number of nitrogens with two attached hydrogens (primary N) is 1. The molecular formula is C15H15F2NO2. The van der Waals surface area contributed by atoms with Crippen molar-refractivity contribution in [2.24, 2.45) is 5.73 Å². The first-order valence-electron chi connectivity index (χ1n) is 6.19. The minimum Gasteiger partial charge on any atom is -0.492 e. The maximum absolute atomic E-state index is 13.4. The molecule has 0 heterocycles. The molecule has 0 aliphatic heterocycles. The van der Waals surface area contributed by atoms with Crippen LogP contribution in [0.1, 0.15) is 5.56 Å². The molecular weight excluding hydrogens is 264 g/mol. The Balaban J connectivity index is 1.97. The highest BCUT2D eigenvalue weighted by Crippen LogP contribution is 2.20. The summed E-state index contributed by atoms with van der Waals surface area (Å²) in [7, 11) is 0. The van der Waals surface area contributed by atoms with Gasteiger partial charge in [-0.15, -0.1) is 0 Å². The number of rotatable bonds is 6. The average Bonchev–Trinajstić information content (AvgIpc) is 2.46. The van der Waals surface area contributed by atoms with Gasteiger partial charge in [-0.05, 0) is 36.4 Å². The molecule has 0 amide bonds. The van der Waals surface area contributed by atoms with Crippen LogP contribution in [0.25, 0.3) is 0 Å². The summed E-state index contributed by atoms with van der Waals surface area (Å²) in [5, 5.41) is 0. The lowest BCUT2D eigenvalue weighted by Gasteiger charge is -2.09. The van der Waals surface area contributed by atoms with E-state index in [2.05, 4.69) is 0 Å².